The average Bonchev–Trinajstić information content (AvgIpc) is 2.82. The summed E-state index contributed by atoms with van der Waals surface area (Å²) in [4.78, 5) is 16.5. The number of anilines is 1. The van der Waals surface area contributed by atoms with E-state index in [2.05, 4.69) is 11.1 Å². The maximum Gasteiger partial charge on any atom is 0.174 e. The van der Waals surface area contributed by atoms with Gasteiger partial charge in [0, 0.05) is 12.1 Å². The van der Waals surface area contributed by atoms with Crippen molar-refractivity contribution < 1.29 is 4.79 Å². The van der Waals surface area contributed by atoms with Gasteiger partial charge in [0.1, 0.15) is 5.82 Å². The first-order valence-electron chi connectivity index (χ1n) is 6.10. The van der Waals surface area contributed by atoms with E-state index in [4.69, 9.17) is 5.73 Å². The van der Waals surface area contributed by atoms with E-state index >= 15 is 0 Å². The monoisotopic (exact) mass is 238 g/mol. The van der Waals surface area contributed by atoms with E-state index in [9.17, 15) is 4.79 Å². The number of nitrogen functional groups attached to an aromatic ring is 1. The van der Waals surface area contributed by atoms with Crippen molar-refractivity contribution in [2.45, 2.75) is 18.8 Å². The Labute approximate surface area is 106 Å². The molecule has 3 heteroatoms. The van der Waals surface area contributed by atoms with E-state index in [1.807, 2.05) is 18.2 Å². The SMILES string of the molecule is Nc1ncccc1C(=O)C1CCc2ccccc21. The van der Waals surface area contributed by atoms with Crippen LogP contribution in [-0.2, 0) is 6.42 Å². The van der Waals surface area contributed by atoms with Crippen molar-refractivity contribution in [1.29, 1.82) is 0 Å². The number of benzene rings is 1. The van der Waals surface area contributed by atoms with Gasteiger partial charge in [-0.15, -0.1) is 0 Å². The van der Waals surface area contributed by atoms with Crippen molar-refractivity contribution >= 4 is 11.6 Å². The fraction of sp³-hybridized carbons (Fsp3) is 0.200. The molecule has 1 aromatic heterocycles. The number of hydrogen-bond donors (Lipinski definition) is 1. The Morgan fingerprint density at radius 3 is 2.89 bits per heavy atom. The lowest BCUT2D eigenvalue weighted by Gasteiger charge is -2.11. The third-order valence-corrected chi connectivity index (χ3v) is 3.55. The van der Waals surface area contributed by atoms with Crippen LogP contribution in [0.25, 0.3) is 0 Å². The first-order valence-corrected chi connectivity index (χ1v) is 6.10. The number of carbonyl (C=O) groups excluding carboxylic acids is 1. The average molecular weight is 238 g/mol. The molecule has 1 heterocycles. The van der Waals surface area contributed by atoms with Crippen LogP contribution in [0.3, 0.4) is 0 Å². The Morgan fingerprint density at radius 1 is 1.22 bits per heavy atom. The predicted molar refractivity (Wildman–Crippen MR) is 70.5 cm³/mol. The maximum absolute atomic E-state index is 12.5. The minimum absolute atomic E-state index is 0.0623. The van der Waals surface area contributed by atoms with Crippen LogP contribution in [0.4, 0.5) is 5.82 Å². The van der Waals surface area contributed by atoms with Crippen LogP contribution in [-0.4, -0.2) is 10.8 Å². The van der Waals surface area contributed by atoms with Crippen LogP contribution in [0.15, 0.2) is 42.6 Å². The molecule has 1 aromatic carbocycles. The highest BCUT2D eigenvalue weighted by molar-refractivity contribution is 6.04. The Hall–Kier alpha value is -2.16. The number of pyridine rings is 1. The molecule has 1 aliphatic rings. The molecule has 0 aliphatic heterocycles. The normalized spacial score (nSPS) is 17.4. The van der Waals surface area contributed by atoms with Gasteiger partial charge in [-0.25, -0.2) is 4.98 Å². The number of fused-ring (bicyclic) bond motifs is 1. The summed E-state index contributed by atoms with van der Waals surface area (Å²) < 4.78 is 0. The second-order valence-corrected chi connectivity index (χ2v) is 4.59. The number of ketones is 1. The molecule has 0 spiro atoms. The van der Waals surface area contributed by atoms with Gasteiger partial charge < -0.3 is 5.73 Å². The molecule has 90 valence electrons. The van der Waals surface area contributed by atoms with Crippen molar-refractivity contribution in [1.82, 2.24) is 4.98 Å². The van der Waals surface area contributed by atoms with Gasteiger partial charge in [0.2, 0.25) is 0 Å². The number of nitrogens with zero attached hydrogens (tertiary/aromatic N) is 1. The second-order valence-electron chi connectivity index (χ2n) is 4.59. The second kappa shape index (κ2) is 4.26. The van der Waals surface area contributed by atoms with Crippen LogP contribution in [0.1, 0.15) is 33.8 Å². The van der Waals surface area contributed by atoms with Crippen LogP contribution < -0.4 is 5.73 Å². The summed E-state index contributed by atoms with van der Waals surface area (Å²) in [5, 5.41) is 0. The highest BCUT2D eigenvalue weighted by Crippen LogP contribution is 2.35. The van der Waals surface area contributed by atoms with Gasteiger partial charge in [-0.3, -0.25) is 4.79 Å². The number of carbonyl (C=O) groups is 1. The molecular weight excluding hydrogens is 224 g/mol. The van der Waals surface area contributed by atoms with Crippen molar-refractivity contribution in [3.63, 3.8) is 0 Å². The van der Waals surface area contributed by atoms with Gasteiger partial charge in [0.25, 0.3) is 0 Å². The van der Waals surface area contributed by atoms with Crippen molar-refractivity contribution in [2.24, 2.45) is 0 Å². The Morgan fingerprint density at radius 2 is 2.06 bits per heavy atom. The lowest BCUT2D eigenvalue weighted by Crippen LogP contribution is -2.13. The van der Waals surface area contributed by atoms with Gasteiger partial charge >= 0.3 is 0 Å². The van der Waals surface area contributed by atoms with Crippen LogP contribution in [0.5, 0.6) is 0 Å². The zero-order valence-corrected chi connectivity index (χ0v) is 9.97. The molecule has 0 radical (unpaired) electrons. The summed E-state index contributed by atoms with van der Waals surface area (Å²) in [5.41, 5.74) is 8.74. The molecule has 0 saturated heterocycles. The molecule has 18 heavy (non-hydrogen) atoms. The molecule has 1 unspecified atom stereocenters. The highest BCUT2D eigenvalue weighted by atomic mass is 16.1. The van der Waals surface area contributed by atoms with Gasteiger partial charge in [0.15, 0.2) is 5.78 Å². The lowest BCUT2D eigenvalue weighted by atomic mass is 9.92. The Balaban J connectivity index is 1.99. The summed E-state index contributed by atoms with van der Waals surface area (Å²) in [5.74, 6) is 0.352. The smallest absolute Gasteiger partial charge is 0.174 e. The summed E-state index contributed by atoms with van der Waals surface area (Å²) >= 11 is 0. The van der Waals surface area contributed by atoms with E-state index in [-0.39, 0.29) is 11.7 Å². The Bertz CT molecular complexity index is 607. The van der Waals surface area contributed by atoms with Gasteiger partial charge in [0.05, 0.1) is 5.56 Å². The molecule has 0 amide bonds. The van der Waals surface area contributed by atoms with E-state index < -0.39 is 0 Å². The summed E-state index contributed by atoms with van der Waals surface area (Å²) in [7, 11) is 0. The van der Waals surface area contributed by atoms with Crippen molar-refractivity contribution in [3.8, 4) is 0 Å². The van der Waals surface area contributed by atoms with Crippen molar-refractivity contribution in [3.05, 3.63) is 59.3 Å². The van der Waals surface area contributed by atoms with E-state index in [1.54, 1.807) is 18.3 Å². The Kier molecular flexibility index (Phi) is 2.59. The zero-order valence-electron chi connectivity index (χ0n) is 9.97. The topological polar surface area (TPSA) is 56.0 Å². The fourth-order valence-electron chi connectivity index (χ4n) is 2.64. The third kappa shape index (κ3) is 1.68. The van der Waals surface area contributed by atoms with Gasteiger partial charge in [-0.1, -0.05) is 24.3 Å². The van der Waals surface area contributed by atoms with E-state index in [0.717, 1.165) is 18.4 Å². The third-order valence-electron chi connectivity index (χ3n) is 3.55. The highest BCUT2D eigenvalue weighted by Gasteiger charge is 2.29. The first kappa shape index (κ1) is 11.0. The van der Waals surface area contributed by atoms with Crippen LogP contribution >= 0.6 is 0 Å². The molecule has 3 nitrogen and oxygen atoms in total. The van der Waals surface area contributed by atoms with Gasteiger partial charge in [-0.2, -0.15) is 0 Å². The van der Waals surface area contributed by atoms with Gasteiger partial charge in [-0.05, 0) is 36.1 Å². The number of rotatable bonds is 2. The molecule has 0 fully saturated rings. The molecule has 3 rings (SSSR count). The minimum atomic E-state index is -0.0623. The first-order chi connectivity index (χ1) is 8.77. The number of nitrogens with two attached hydrogens (primary N) is 1. The molecule has 0 saturated carbocycles. The number of aromatic nitrogens is 1. The van der Waals surface area contributed by atoms with Crippen LogP contribution in [0.2, 0.25) is 0 Å². The van der Waals surface area contributed by atoms with Crippen molar-refractivity contribution in [2.75, 3.05) is 5.73 Å². The number of aryl methyl sites for hydroxylation is 1. The molecule has 2 N–H and O–H groups in total. The molecule has 1 aliphatic carbocycles. The zero-order chi connectivity index (χ0) is 12.5. The summed E-state index contributed by atoms with van der Waals surface area (Å²) in [6.07, 6.45) is 3.44. The quantitative estimate of drug-likeness (QED) is 0.818. The maximum atomic E-state index is 12.5. The molecule has 0 bridgehead atoms. The molecule has 2 aromatic rings. The standard InChI is InChI=1S/C15H14N2O/c16-15-13(6-3-9-17-15)14(18)12-8-7-10-4-1-2-5-11(10)12/h1-6,9,12H,7-8H2,(H2,16,17). The number of Topliss-reactive ketones (excluding diaryl/α,β-unsaturated/α-hetero) is 1. The number of hydrogen-bond acceptors (Lipinski definition) is 3. The summed E-state index contributed by atoms with van der Waals surface area (Å²) in [6.45, 7) is 0. The minimum Gasteiger partial charge on any atom is -0.383 e. The largest absolute Gasteiger partial charge is 0.383 e. The molecule has 1 atom stereocenters. The molecular formula is C15H14N2O. The van der Waals surface area contributed by atoms with Crippen LogP contribution in [0, 0.1) is 0 Å². The lowest BCUT2D eigenvalue weighted by molar-refractivity contribution is 0.0960. The predicted octanol–water partition coefficient (Wildman–Crippen LogP) is 2.58. The van der Waals surface area contributed by atoms with E-state index in [1.165, 1.54) is 5.56 Å². The summed E-state index contributed by atoms with van der Waals surface area (Å²) in [6, 6.07) is 11.6. The van der Waals surface area contributed by atoms with E-state index in [0.29, 0.717) is 11.4 Å². The fourth-order valence-corrected chi connectivity index (χ4v) is 2.64.